The zero-order valence-electron chi connectivity index (χ0n) is 11.4. The van der Waals surface area contributed by atoms with E-state index in [-0.39, 0.29) is 11.8 Å². The molecule has 0 saturated heterocycles. The summed E-state index contributed by atoms with van der Waals surface area (Å²) in [4.78, 5) is 24.2. The molecule has 104 valence electrons. The first kappa shape index (κ1) is 14.1. The fourth-order valence-electron chi connectivity index (χ4n) is 1.97. The molecule has 0 spiro atoms. The maximum absolute atomic E-state index is 12.2. The van der Waals surface area contributed by atoms with E-state index in [9.17, 15) is 9.59 Å². The van der Waals surface area contributed by atoms with Gasteiger partial charge >= 0.3 is 0 Å². The summed E-state index contributed by atoms with van der Waals surface area (Å²) in [6.45, 7) is 2.56. The van der Waals surface area contributed by atoms with Gasteiger partial charge in [0.2, 0.25) is 11.8 Å². The number of amides is 2. The first-order valence-electron chi connectivity index (χ1n) is 6.72. The first-order chi connectivity index (χ1) is 9.62. The van der Waals surface area contributed by atoms with Gasteiger partial charge in [-0.2, -0.15) is 5.26 Å². The molecule has 0 atom stereocenters. The Bertz CT molecular complexity index is 553. The predicted molar refractivity (Wildman–Crippen MR) is 74.8 cm³/mol. The van der Waals surface area contributed by atoms with Crippen LogP contribution in [0.3, 0.4) is 0 Å². The number of anilines is 1. The highest BCUT2D eigenvalue weighted by atomic mass is 16.2. The minimum absolute atomic E-state index is 0.189. The number of carbonyl (C=O) groups excluding carboxylic acids is 2. The maximum Gasteiger partial charge on any atom is 0.240 e. The SMILES string of the molecule is CCCNC(=O)C1(C(=O)Nc2ccc(C#N)cc2)CC1. The van der Waals surface area contributed by atoms with E-state index in [1.807, 2.05) is 13.0 Å². The van der Waals surface area contributed by atoms with Crippen molar-refractivity contribution in [1.82, 2.24) is 5.32 Å². The van der Waals surface area contributed by atoms with Gasteiger partial charge < -0.3 is 10.6 Å². The van der Waals surface area contributed by atoms with E-state index < -0.39 is 5.41 Å². The van der Waals surface area contributed by atoms with E-state index in [1.165, 1.54) is 0 Å². The fourth-order valence-corrected chi connectivity index (χ4v) is 1.97. The average molecular weight is 271 g/mol. The predicted octanol–water partition coefficient (Wildman–Crippen LogP) is 1.80. The van der Waals surface area contributed by atoms with Crippen LogP contribution in [-0.2, 0) is 9.59 Å². The summed E-state index contributed by atoms with van der Waals surface area (Å²) >= 11 is 0. The summed E-state index contributed by atoms with van der Waals surface area (Å²) in [5.41, 5.74) is 0.233. The summed E-state index contributed by atoms with van der Waals surface area (Å²) in [7, 11) is 0. The molecule has 2 rings (SSSR count). The Morgan fingerprint density at radius 1 is 1.25 bits per heavy atom. The van der Waals surface area contributed by atoms with Crippen LogP contribution < -0.4 is 10.6 Å². The molecule has 0 heterocycles. The van der Waals surface area contributed by atoms with Crippen molar-refractivity contribution in [2.75, 3.05) is 11.9 Å². The van der Waals surface area contributed by atoms with Crippen molar-refractivity contribution in [3.63, 3.8) is 0 Å². The van der Waals surface area contributed by atoms with Crippen LogP contribution in [0, 0.1) is 16.7 Å². The topological polar surface area (TPSA) is 82.0 Å². The lowest BCUT2D eigenvalue weighted by Crippen LogP contribution is -2.40. The van der Waals surface area contributed by atoms with Gasteiger partial charge in [-0.3, -0.25) is 9.59 Å². The molecule has 0 aliphatic heterocycles. The molecule has 1 fully saturated rings. The van der Waals surface area contributed by atoms with Crippen molar-refractivity contribution in [3.05, 3.63) is 29.8 Å². The van der Waals surface area contributed by atoms with Crippen molar-refractivity contribution >= 4 is 17.5 Å². The van der Waals surface area contributed by atoms with Crippen molar-refractivity contribution in [1.29, 1.82) is 5.26 Å². The van der Waals surface area contributed by atoms with Gasteiger partial charge in [-0.25, -0.2) is 0 Å². The molecule has 5 heteroatoms. The van der Waals surface area contributed by atoms with Gasteiger partial charge in [0.25, 0.3) is 0 Å². The first-order valence-corrected chi connectivity index (χ1v) is 6.72. The van der Waals surface area contributed by atoms with Crippen LogP contribution in [-0.4, -0.2) is 18.4 Å². The average Bonchev–Trinajstić information content (AvgIpc) is 3.27. The van der Waals surface area contributed by atoms with Crippen LogP contribution in [0.25, 0.3) is 0 Å². The highest BCUT2D eigenvalue weighted by molar-refractivity contribution is 6.13. The number of hydrogen-bond acceptors (Lipinski definition) is 3. The van der Waals surface area contributed by atoms with E-state index in [0.29, 0.717) is 30.6 Å². The molecule has 20 heavy (non-hydrogen) atoms. The normalized spacial score (nSPS) is 15.0. The van der Waals surface area contributed by atoms with E-state index >= 15 is 0 Å². The Balaban J connectivity index is 2.00. The third-order valence-corrected chi connectivity index (χ3v) is 3.43. The van der Waals surface area contributed by atoms with Gasteiger partial charge in [-0.05, 0) is 43.5 Å². The third-order valence-electron chi connectivity index (χ3n) is 3.43. The Morgan fingerprint density at radius 3 is 2.40 bits per heavy atom. The molecule has 1 saturated carbocycles. The van der Waals surface area contributed by atoms with Crippen molar-refractivity contribution < 1.29 is 9.59 Å². The molecule has 1 aliphatic carbocycles. The zero-order valence-corrected chi connectivity index (χ0v) is 11.4. The molecule has 2 N–H and O–H groups in total. The molecule has 1 aromatic carbocycles. The fraction of sp³-hybridized carbons (Fsp3) is 0.400. The lowest BCUT2D eigenvalue weighted by molar-refractivity contribution is -0.134. The number of hydrogen-bond donors (Lipinski definition) is 2. The number of benzene rings is 1. The molecule has 2 amide bonds. The van der Waals surface area contributed by atoms with Gasteiger partial charge in [0, 0.05) is 12.2 Å². The second-order valence-corrected chi connectivity index (χ2v) is 4.98. The molecule has 1 aliphatic rings. The molecule has 0 aromatic heterocycles. The summed E-state index contributed by atoms with van der Waals surface area (Å²) < 4.78 is 0. The number of nitrogens with one attached hydrogen (secondary N) is 2. The Morgan fingerprint density at radius 2 is 1.90 bits per heavy atom. The summed E-state index contributed by atoms with van der Waals surface area (Å²) in [6, 6.07) is 8.60. The van der Waals surface area contributed by atoms with E-state index in [0.717, 1.165) is 6.42 Å². The van der Waals surface area contributed by atoms with Crippen LogP contribution in [0.5, 0.6) is 0 Å². The maximum atomic E-state index is 12.2. The van der Waals surface area contributed by atoms with Gasteiger partial charge in [0.05, 0.1) is 11.6 Å². The van der Waals surface area contributed by atoms with E-state index in [1.54, 1.807) is 24.3 Å². The van der Waals surface area contributed by atoms with Crippen molar-refractivity contribution in [2.45, 2.75) is 26.2 Å². The molecule has 5 nitrogen and oxygen atoms in total. The molecular formula is C15H17N3O2. The Hall–Kier alpha value is -2.35. The Labute approximate surface area is 118 Å². The Kier molecular flexibility index (Phi) is 4.04. The van der Waals surface area contributed by atoms with Crippen LogP contribution in [0.1, 0.15) is 31.7 Å². The lowest BCUT2D eigenvalue weighted by Gasteiger charge is -2.15. The van der Waals surface area contributed by atoms with Gasteiger partial charge in [-0.15, -0.1) is 0 Å². The minimum Gasteiger partial charge on any atom is -0.355 e. The summed E-state index contributed by atoms with van der Waals surface area (Å²) in [5.74, 6) is -0.457. The van der Waals surface area contributed by atoms with Gasteiger partial charge in [-0.1, -0.05) is 6.92 Å². The lowest BCUT2D eigenvalue weighted by atomic mass is 10.0. The molecule has 0 unspecified atom stereocenters. The van der Waals surface area contributed by atoms with E-state index in [2.05, 4.69) is 10.6 Å². The number of rotatable bonds is 5. The molecule has 0 bridgehead atoms. The van der Waals surface area contributed by atoms with Crippen molar-refractivity contribution in [2.24, 2.45) is 5.41 Å². The zero-order chi connectivity index (χ0) is 14.6. The number of carbonyl (C=O) groups is 2. The van der Waals surface area contributed by atoms with Gasteiger partial charge in [0.1, 0.15) is 5.41 Å². The number of nitrogens with zero attached hydrogens (tertiary/aromatic N) is 1. The second kappa shape index (κ2) is 5.74. The quantitative estimate of drug-likeness (QED) is 0.801. The minimum atomic E-state index is -0.900. The second-order valence-electron chi connectivity index (χ2n) is 4.98. The third kappa shape index (κ3) is 2.80. The van der Waals surface area contributed by atoms with E-state index in [4.69, 9.17) is 5.26 Å². The summed E-state index contributed by atoms with van der Waals surface area (Å²) in [5, 5.41) is 14.2. The van der Waals surface area contributed by atoms with Crippen molar-refractivity contribution in [3.8, 4) is 6.07 Å². The smallest absolute Gasteiger partial charge is 0.240 e. The standard InChI is InChI=1S/C15H17N3O2/c1-2-9-17-13(19)15(7-8-15)14(20)18-12-5-3-11(10-16)4-6-12/h3-6H,2,7-9H2,1H3,(H,17,19)(H,18,20). The molecular weight excluding hydrogens is 254 g/mol. The van der Waals surface area contributed by atoms with Gasteiger partial charge in [0.15, 0.2) is 0 Å². The highest BCUT2D eigenvalue weighted by Gasteiger charge is 2.56. The van der Waals surface area contributed by atoms with Crippen LogP contribution in [0.4, 0.5) is 5.69 Å². The summed E-state index contributed by atoms with van der Waals surface area (Å²) in [6.07, 6.45) is 2.02. The molecule has 1 aromatic rings. The number of nitriles is 1. The van der Waals surface area contributed by atoms with Crippen LogP contribution in [0.2, 0.25) is 0 Å². The molecule has 0 radical (unpaired) electrons. The van der Waals surface area contributed by atoms with Crippen LogP contribution >= 0.6 is 0 Å². The largest absolute Gasteiger partial charge is 0.355 e. The highest BCUT2D eigenvalue weighted by Crippen LogP contribution is 2.46. The van der Waals surface area contributed by atoms with Crippen LogP contribution in [0.15, 0.2) is 24.3 Å². The monoisotopic (exact) mass is 271 g/mol.